The first-order valence-corrected chi connectivity index (χ1v) is 16.7. The van der Waals surface area contributed by atoms with Crippen molar-refractivity contribution in [2.75, 3.05) is 10.3 Å². The maximum absolute atomic E-state index is 15.2. The van der Waals surface area contributed by atoms with Crippen LogP contribution in [0.5, 0.6) is 5.75 Å². The van der Waals surface area contributed by atoms with Gasteiger partial charge < -0.3 is 5.11 Å². The fraction of sp³-hybridized carbons (Fsp3) is 0.211. The van der Waals surface area contributed by atoms with Gasteiger partial charge in [-0.25, -0.2) is 8.78 Å². The van der Waals surface area contributed by atoms with Crippen molar-refractivity contribution >= 4 is 58.2 Å². The van der Waals surface area contributed by atoms with Gasteiger partial charge in [0.15, 0.2) is 11.6 Å². The van der Waals surface area contributed by atoms with E-state index in [9.17, 15) is 23.9 Å². The molecule has 50 heavy (non-hydrogen) atoms. The van der Waals surface area contributed by atoms with Crippen LogP contribution in [-0.4, -0.2) is 33.7 Å². The Morgan fingerprint density at radius 1 is 0.780 bits per heavy atom. The summed E-state index contributed by atoms with van der Waals surface area (Å²) in [6, 6.07) is 21.9. The highest BCUT2D eigenvalue weighted by atomic mass is 35.5. The fourth-order valence-electron chi connectivity index (χ4n) is 8.58. The minimum atomic E-state index is -1.67. The number of nitrogens with one attached hydrogen (secondary N) is 1. The summed E-state index contributed by atoms with van der Waals surface area (Å²) in [6.45, 7) is 0. The van der Waals surface area contributed by atoms with Crippen molar-refractivity contribution in [2.24, 2.45) is 23.7 Å². The molecule has 3 fully saturated rings. The number of phenols is 1. The van der Waals surface area contributed by atoms with Crippen LogP contribution in [0.25, 0.3) is 0 Å². The zero-order valence-corrected chi connectivity index (χ0v) is 27.5. The predicted molar refractivity (Wildman–Crippen MR) is 181 cm³/mol. The molecule has 6 unspecified atom stereocenters. The number of phenolic OH excluding ortho intramolecular Hbond substituents is 1. The van der Waals surface area contributed by atoms with E-state index in [1.807, 2.05) is 6.08 Å². The molecule has 2 N–H and O–H groups in total. The summed E-state index contributed by atoms with van der Waals surface area (Å²) in [6.07, 6.45) is 2.04. The molecular weight excluding hydrogens is 687 g/mol. The fourth-order valence-corrected chi connectivity index (χ4v) is 8.83. The highest BCUT2D eigenvalue weighted by Crippen LogP contribution is 2.64. The van der Waals surface area contributed by atoms with Crippen LogP contribution in [0.4, 0.5) is 20.2 Å². The largest absolute Gasteiger partial charge is 0.505 e. The molecule has 4 aromatic rings. The van der Waals surface area contributed by atoms with Crippen molar-refractivity contribution in [1.82, 2.24) is 5.01 Å². The number of hydrogen-bond donors (Lipinski definition) is 2. The van der Waals surface area contributed by atoms with Gasteiger partial charge in [-0.2, -0.15) is 5.01 Å². The van der Waals surface area contributed by atoms with Gasteiger partial charge >= 0.3 is 0 Å². The lowest BCUT2D eigenvalue weighted by Gasteiger charge is -2.50. The Bertz CT molecular complexity index is 2130. The van der Waals surface area contributed by atoms with Crippen molar-refractivity contribution in [3.05, 3.63) is 135 Å². The second kappa shape index (κ2) is 11.8. The van der Waals surface area contributed by atoms with Crippen LogP contribution < -0.4 is 10.3 Å². The average Bonchev–Trinajstić information content (AvgIpc) is 3.48. The lowest BCUT2D eigenvalue weighted by molar-refractivity contribution is -0.138. The quantitative estimate of drug-likeness (QED) is 0.168. The summed E-state index contributed by atoms with van der Waals surface area (Å²) in [5, 5.41) is 11.9. The number of hydrazine groups is 1. The number of carbonyl (C=O) groups is 4. The lowest BCUT2D eigenvalue weighted by atomic mass is 9.49. The summed E-state index contributed by atoms with van der Waals surface area (Å²) >= 11 is 12.4. The third-order valence-electron chi connectivity index (χ3n) is 10.6. The van der Waals surface area contributed by atoms with Crippen molar-refractivity contribution in [3.8, 4) is 5.75 Å². The predicted octanol–water partition coefficient (Wildman–Crippen LogP) is 7.17. The van der Waals surface area contributed by atoms with Crippen molar-refractivity contribution in [2.45, 2.75) is 24.2 Å². The average molecular weight is 715 g/mol. The molecule has 12 heteroatoms. The highest BCUT2D eigenvalue weighted by Gasteiger charge is 2.70. The molecule has 6 atom stereocenters. The van der Waals surface area contributed by atoms with Gasteiger partial charge in [0.25, 0.3) is 11.8 Å². The van der Waals surface area contributed by atoms with Gasteiger partial charge in [0, 0.05) is 16.0 Å². The number of anilines is 2. The minimum Gasteiger partial charge on any atom is -0.505 e. The molecule has 4 aromatic carbocycles. The van der Waals surface area contributed by atoms with Crippen LogP contribution >= 0.6 is 23.2 Å². The van der Waals surface area contributed by atoms with E-state index in [0.717, 1.165) is 16.0 Å². The van der Waals surface area contributed by atoms with Gasteiger partial charge in [0.05, 0.1) is 34.5 Å². The molecule has 252 valence electrons. The van der Waals surface area contributed by atoms with E-state index in [0.29, 0.717) is 32.4 Å². The van der Waals surface area contributed by atoms with E-state index in [1.165, 1.54) is 36.4 Å². The van der Waals surface area contributed by atoms with E-state index < -0.39 is 70.1 Å². The third-order valence-corrected chi connectivity index (χ3v) is 11.2. The molecule has 1 saturated carbocycles. The Morgan fingerprint density at radius 3 is 2.10 bits per heavy atom. The summed E-state index contributed by atoms with van der Waals surface area (Å²) in [4.78, 5) is 59.1. The first-order valence-electron chi connectivity index (χ1n) is 16.0. The zero-order valence-electron chi connectivity index (χ0n) is 26.0. The summed E-state index contributed by atoms with van der Waals surface area (Å²) in [5.41, 5.74) is 3.19. The number of hydrogen-bond acceptors (Lipinski definition) is 6. The Kier molecular flexibility index (Phi) is 7.58. The summed E-state index contributed by atoms with van der Waals surface area (Å²) in [5.74, 6) is -8.49. The molecule has 2 aliphatic heterocycles. The van der Waals surface area contributed by atoms with Crippen molar-refractivity contribution in [3.63, 3.8) is 0 Å². The highest BCUT2D eigenvalue weighted by molar-refractivity contribution is 6.31. The number of imide groups is 2. The molecular formula is C38H27Cl2F2N3O5. The zero-order chi connectivity index (χ0) is 35.1. The number of allylic oxidation sites excluding steroid dienone is 2. The molecule has 2 aliphatic carbocycles. The number of halogens is 4. The first kappa shape index (κ1) is 32.2. The van der Waals surface area contributed by atoms with E-state index in [4.69, 9.17) is 23.2 Å². The van der Waals surface area contributed by atoms with Crippen LogP contribution in [0, 0.1) is 35.3 Å². The van der Waals surface area contributed by atoms with Gasteiger partial charge in [-0.15, -0.1) is 0 Å². The molecule has 0 bridgehead atoms. The van der Waals surface area contributed by atoms with Gasteiger partial charge in [0.1, 0.15) is 5.82 Å². The van der Waals surface area contributed by atoms with Crippen LogP contribution in [0.15, 0.2) is 103 Å². The number of amides is 4. The summed E-state index contributed by atoms with van der Waals surface area (Å²) < 4.78 is 29.0. The van der Waals surface area contributed by atoms with E-state index in [1.54, 1.807) is 48.5 Å². The Morgan fingerprint density at radius 2 is 1.44 bits per heavy atom. The van der Waals surface area contributed by atoms with E-state index >= 15 is 9.18 Å². The number of nitrogens with zero attached hydrogens (tertiary/aromatic N) is 2. The normalized spacial score (nSPS) is 27.2. The van der Waals surface area contributed by atoms with Crippen LogP contribution in [0.2, 0.25) is 10.0 Å². The molecule has 0 aromatic heterocycles. The smallest absolute Gasteiger partial charge is 0.260 e. The molecule has 0 radical (unpaired) electrons. The number of benzene rings is 4. The van der Waals surface area contributed by atoms with Gasteiger partial charge in [0.2, 0.25) is 11.8 Å². The molecule has 8 rings (SSSR count). The second-order valence-corrected chi connectivity index (χ2v) is 13.9. The Labute approximate surface area is 294 Å². The molecule has 2 saturated heterocycles. The lowest BCUT2D eigenvalue weighted by Crippen LogP contribution is -2.53. The molecule has 0 spiro atoms. The second-order valence-electron chi connectivity index (χ2n) is 13.1. The van der Waals surface area contributed by atoms with Crippen LogP contribution in [0.1, 0.15) is 29.9 Å². The molecule has 2 heterocycles. The van der Waals surface area contributed by atoms with Gasteiger partial charge in [-0.1, -0.05) is 53.1 Å². The Hall–Kier alpha value is -5.06. The SMILES string of the molecule is O=C1C2CC3C(=CCC4C(=O)N(c5ccc(Cl)cc5)C(=O)C43)C(c3ccc(O)c(F)c3)C2(c2ccc(Cl)cc2)C(=O)N1Nc1ccc(F)cc1. The van der Waals surface area contributed by atoms with Crippen molar-refractivity contribution in [1.29, 1.82) is 0 Å². The van der Waals surface area contributed by atoms with Crippen molar-refractivity contribution < 1.29 is 33.1 Å². The van der Waals surface area contributed by atoms with Gasteiger partial charge in [-0.3, -0.25) is 29.5 Å². The maximum atomic E-state index is 15.2. The minimum absolute atomic E-state index is 0.0202. The maximum Gasteiger partial charge on any atom is 0.260 e. The van der Waals surface area contributed by atoms with Gasteiger partial charge in [-0.05, 0) is 103 Å². The standard InChI is InChI=1S/C38H27Cl2F2N3O5/c39-21-4-2-20(3-5-21)38-29(35(48)45(37(38)50)43-24-10-8-23(41)9-11-24)18-28-26(33(38)19-1-16-31(46)30(42)17-19)14-15-27-32(28)36(49)44(34(27)47)25-12-6-22(40)7-13-25/h1-14,16-17,27-29,32-33,43,46H,15,18H2. The first-order chi connectivity index (χ1) is 24.0. The number of carbonyl (C=O) groups excluding carboxylic acids is 4. The molecule has 4 amide bonds. The number of fused-ring (bicyclic) bond motifs is 4. The molecule has 4 aliphatic rings. The number of rotatable bonds is 5. The monoisotopic (exact) mass is 713 g/mol. The topological polar surface area (TPSA) is 107 Å². The number of aromatic hydroxyl groups is 1. The summed E-state index contributed by atoms with van der Waals surface area (Å²) in [7, 11) is 0. The molecule has 8 nitrogen and oxygen atoms in total. The Balaban J connectivity index is 1.32. The van der Waals surface area contributed by atoms with E-state index in [2.05, 4.69) is 5.43 Å². The van der Waals surface area contributed by atoms with E-state index in [-0.39, 0.29) is 24.4 Å². The van der Waals surface area contributed by atoms with Crippen LogP contribution in [0.3, 0.4) is 0 Å². The van der Waals surface area contributed by atoms with Crippen LogP contribution in [-0.2, 0) is 24.6 Å². The third kappa shape index (κ3) is 4.69.